The van der Waals surface area contributed by atoms with Gasteiger partial charge < -0.3 is 10.1 Å². The molecule has 1 atom stereocenters. The summed E-state index contributed by atoms with van der Waals surface area (Å²) in [5, 5.41) is 2.89. The fraction of sp³-hybridized carbons (Fsp3) is 0.900. The Morgan fingerprint density at radius 3 is 3.08 bits per heavy atom. The van der Waals surface area contributed by atoms with Gasteiger partial charge in [0.15, 0.2) is 0 Å². The van der Waals surface area contributed by atoms with Crippen molar-refractivity contribution in [2.75, 3.05) is 13.2 Å². The molecule has 1 saturated heterocycles. The van der Waals surface area contributed by atoms with E-state index in [2.05, 4.69) is 5.32 Å². The molecule has 1 amide bonds. The molecule has 0 spiro atoms. The summed E-state index contributed by atoms with van der Waals surface area (Å²) in [5.41, 5.74) is 0. The molecule has 0 aliphatic carbocycles. The van der Waals surface area contributed by atoms with Gasteiger partial charge in [0.1, 0.15) is 0 Å². The SMILES string of the molecule is CCCC(=O)NCCC1CCCO1. The molecule has 0 bridgehead atoms. The number of hydrogen-bond donors (Lipinski definition) is 1. The number of carbonyl (C=O) groups is 1. The van der Waals surface area contributed by atoms with E-state index in [0.717, 1.165) is 32.4 Å². The summed E-state index contributed by atoms with van der Waals surface area (Å²) in [6.45, 7) is 3.68. The Labute approximate surface area is 79.8 Å². The van der Waals surface area contributed by atoms with Gasteiger partial charge in [-0.2, -0.15) is 0 Å². The van der Waals surface area contributed by atoms with Crippen molar-refractivity contribution in [2.45, 2.75) is 45.1 Å². The second-order valence-corrected chi connectivity index (χ2v) is 3.52. The summed E-state index contributed by atoms with van der Waals surface area (Å²) in [6.07, 6.45) is 5.26. The molecule has 1 rings (SSSR count). The molecule has 1 heterocycles. The van der Waals surface area contributed by atoms with Crippen LogP contribution in [0.15, 0.2) is 0 Å². The molecule has 0 aromatic rings. The predicted octanol–water partition coefficient (Wildman–Crippen LogP) is 1.47. The van der Waals surface area contributed by atoms with Crippen LogP contribution in [0.4, 0.5) is 0 Å². The summed E-state index contributed by atoms with van der Waals surface area (Å²) in [5.74, 6) is 0.167. The van der Waals surface area contributed by atoms with E-state index in [9.17, 15) is 4.79 Å². The van der Waals surface area contributed by atoms with Crippen molar-refractivity contribution >= 4 is 5.91 Å². The molecule has 1 unspecified atom stereocenters. The first-order valence-electron chi connectivity index (χ1n) is 5.21. The highest BCUT2D eigenvalue weighted by atomic mass is 16.5. The van der Waals surface area contributed by atoms with Gasteiger partial charge in [-0.1, -0.05) is 6.92 Å². The fourth-order valence-electron chi connectivity index (χ4n) is 1.56. The molecular formula is C10H19NO2. The van der Waals surface area contributed by atoms with Crippen molar-refractivity contribution in [2.24, 2.45) is 0 Å². The highest BCUT2D eigenvalue weighted by molar-refractivity contribution is 5.75. The number of amides is 1. The van der Waals surface area contributed by atoms with Gasteiger partial charge in [-0.3, -0.25) is 4.79 Å². The van der Waals surface area contributed by atoms with Crippen LogP contribution >= 0.6 is 0 Å². The number of nitrogens with one attached hydrogen (secondary N) is 1. The van der Waals surface area contributed by atoms with Gasteiger partial charge in [-0.25, -0.2) is 0 Å². The Morgan fingerprint density at radius 1 is 1.62 bits per heavy atom. The van der Waals surface area contributed by atoms with Gasteiger partial charge in [0.2, 0.25) is 5.91 Å². The zero-order valence-electron chi connectivity index (χ0n) is 8.34. The van der Waals surface area contributed by atoms with E-state index in [4.69, 9.17) is 4.74 Å². The summed E-state index contributed by atoms with van der Waals surface area (Å²) in [6, 6.07) is 0. The molecule has 0 radical (unpaired) electrons. The second kappa shape index (κ2) is 5.97. The molecule has 1 fully saturated rings. The van der Waals surface area contributed by atoms with Gasteiger partial charge in [0.05, 0.1) is 6.10 Å². The van der Waals surface area contributed by atoms with Crippen molar-refractivity contribution in [1.29, 1.82) is 0 Å². The molecule has 13 heavy (non-hydrogen) atoms. The van der Waals surface area contributed by atoms with E-state index in [0.29, 0.717) is 12.5 Å². The second-order valence-electron chi connectivity index (χ2n) is 3.52. The average molecular weight is 185 g/mol. The number of rotatable bonds is 5. The van der Waals surface area contributed by atoms with Crippen molar-refractivity contribution in [3.63, 3.8) is 0 Å². The minimum Gasteiger partial charge on any atom is -0.378 e. The molecule has 1 aliphatic heterocycles. The monoisotopic (exact) mass is 185 g/mol. The van der Waals surface area contributed by atoms with Crippen LogP contribution in [0.2, 0.25) is 0 Å². The molecule has 1 N–H and O–H groups in total. The van der Waals surface area contributed by atoms with E-state index < -0.39 is 0 Å². The van der Waals surface area contributed by atoms with Gasteiger partial charge >= 0.3 is 0 Å². The van der Waals surface area contributed by atoms with Crippen LogP contribution in [0.3, 0.4) is 0 Å². The van der Waals surface area contributed by atoms with E-state index in [1.807, 2.05) is 6.92 Å². The standard InChI is InChI=1S/C10H19NO2/c1-2-4-10(12)11-7-6-9-5-3-8-13-9/h9H,2-8H2,1H3,(H,11,12). The molecule has 76 valence electrons. The Kier molecular flexibility index (Phi) is 4.83. The Morgan fingerprint density at radius 2 is 2.46 bits per heavy atom. The van der Waals surface area contributed by atoms with Gasteiger partial charge in [0, 0.05) is 19.6 Å². The maximum atomic E-state index is 11.1. The Hall–Kier alpha value is -0.570. The molecule has 0 aromatic heterocycles. The molecule has 1 aliphatic rings. The van der Waals surface area contributed by atoms with E-state index in [1.54, 1.807) is 0 Å². The lowest BCUT2D eigenvalue weighted by atomic mass is 10.2. The molecule has 0 saturated carbocycles. The minimum atomic E-state index is 0.167. The van der Waals surface area contributed by atoms with Crippen LogP contribution in [-0.4, -0.2) is 25.2 Å². The van der Waals surface area contributed by atoms with Gasteiger partial charge in [-0.15, -0.1) is 0 Å². The van der Waals surface area contributed by atoms with Gasteiger partial charge in [-0.05, 0) is 25.7 Å². The molecule has 0 aromatic carbocycles. The van der Waals surface area contributed by atoms with Gasteiger partial charge in [0.25, 0.3) is 0 Å². The quantitative estimate of drug-likeness (QED) is 0.704. The van der Waals surface area contributed by atoms with Crippen LogP contribution in [0.1, 0.15) is 39.0 Å². The molecule has 3 nitrogen and oxygen atoms in total. The number of hydrogen-bond acceptors (Lipinski definition) is 2. The third-order valence-corrected chi connectivity index (χ3v) is 2.29. The lowest BCUT2D eigenvalue weighted by molar-refractivity contribution is -0.121. The van der Waals surface area contributed by atoms with Crippen molar-refractivity contribution < 1.29 is 9.53 Å². The number of ether oxygens (including phenoxy) is 1. The number of carbonyl (C=O) groups excluding carboxylic acids is 1. The average Bonchev–Trinajstić information content (AvgIpc) is 2.57. The maximum absolute atomic E-state index is 11.1. The summed E-state index contributed by atoms with van der Waals surface area (Å²) >= 11 is 0. The van der Waals surface area contributed by atoms with E-state index in [-0.39, 0.29) is 5.91 Å². The smallest absolute Gasteiger partial charge is 0.219 e. The first-order valence-corrected chi connectivity index (χ1v) is 5.21. The van der Waals surface area contributed by atoms with Crippen LogP contribution in [0.25, 0.3) is 0 Å². The zero-order chi connectivity index (χ0) is 9.52. The first-order chi connectivity index (χ1) is 6.33. The van der Waals surface area contributed by atoms with Crippen LogP contribution < -0.4 is 5.32 Å². The van der Waals surface area contributed by atoms with Crippen molar-refractivity contribution in [1.82, 2.24) is 5.32 Å². The normalized spacial score (nSPS) is 21.8. The minimum absolute atomic E-state index is 0.167. The molecule has 3 heteroatoms. The Balaban J connectivity index is 1.96. The largest absolute Gasteiger partial charge is 0.378 e. The lowest BCUT2D eigenvalue weighted by Gasteiger charge is -2.09. The highest BCUT2D eigenvalue weighted by Crippen LogP contribution is 2.14. The highest BCUT2D eigenvalue weighted by Gasteiger charge is 2.14. The maximum Gasteiger partial charge on any atom is 0.219 e. The zero-order valence-corrected chi connectivity index (χ0v) is 8.34. The van der Waals surface area contributed by atoms with Crippen molar-refractivity contribution in [3.8, 4) is 0 Å². The van der Waals surface area contributed by atoms with E-state index in [1.165, 1.54) is 6.42 Å². The molecular weight excluding hydrogens is 166 g/mol. The fourth-order valence-corrected chi connectivity index (χ4v) is 1.56. The Bertz CT molecular complexity index is 153. The summed E-state index contributed by atoms with van der Waals surface area (Å²) in [4.78, 5) is 11.1. The third kappa shape index (κ3) is 4.27. The van der Waals surface area contributed by atoms with Crippen LogP contribution in [-0.2, 0) is 9.53 Å². The lowest BCUT2D eigenvalue weighted by Crippen LogP contribution is -2.26. The van der Waals surface area contributed by atoms with Crippen molar-refractivity contribution in [3.05, 3.63) is 0 Å². The first kappa shape index (κ1) is 10.5. The predicted molar refractivity (Wildman–Crippen MR) is 51.5 cm³/mol. The van der Waals surface area contributed by atoms with E-state index >= 15 is 0 Å². The topological polar surface area (TPSA) is 38.3 Å². The van der Waals surface area contributed by atoms with Crippen LogP contribution in [0.5, 0.6) is 0 Å². The third-order valence-electron chi connectivity index (χ3n) is 2.29. The van der Waals surface area contributed by atoms with Crippen LogP contribution in [0, 0.1) is 0 Å². The summed E-state index contributed by atoms with van der Waals surface area (Å²) in [7, 11) is 0. The summed E-state index contributed by atoms with van der Waals surface area (Å²) < 4.78 is 5.44.